The fourth-order valence-corrected chi connectivity index (χ4v) is 3.52. The number of piperazine rings is 1. The predicted molar refractivity (Wildman–Crippen MR) is 75.5 cm³/mol. The fraction of sp³-hybridized carbons (Fsp3) is 0.625. The maximum atomic E-state index is 13.0. The van der Waals surface area contributed by atoms with Gasteiger partial charge in [0, 0.05) is 31.2 Å². The van der Waals surface area contributed by atoms with Crippen molar-refractivity contribution in [2.75, 3.05) is 13.1 Å². The smallest absolute Gasteiger partial charge is 0.123 e. The maximum absolute atomic E-state index is 13.0. The lowest BCUT2D eigenvalue weighted by molar-refractivity contribution is 0.0826. The molecule has 1 aliphatic heterocycles. The second kappa shape index (κ2) is 5.22. The average Bonchev–Trinajstić information content (AvgIpc) is 2.85. The molecule has 1 heterocycles. The van der Waals surface area contributed by atoms with Crippen LogP contribution in [0.2, 0.25) is 0 Å². The first-order chi connectivity index (χ1) is 9.17. The monoisotopic (exact) mass is 262 g/mol. The highest BCUT2D eigenvalue weighted by molar-refractivity contribution is 5.16. The number of halogens is 1. The topological polar surface area (TPSA) is 15.3 Å². The fourth-order valence-electron chi connectivity index (χ4n) is 3.52. The molecule has 1 unspecified atom stereocenters. The van der Waals surface area contributed by atoms with E-state index in [9.17, 15) is 4.39 Å². The third-order valence-corrected chi connectivity index (χ3v) is 4.76. The van der Waals surface area contributed by atoms with Crippen LogP contribution in [0.3, 0.4) is 0 Å². The average molecular weight is 262 g/mol. The van der Waals surface area contributed by atoms with Crippen LogP contribution < -0.4 is 5.32 Å². The molecular formula is C16H23FN2. The number of rotatable bonds is 2. The Bertz CT molecular complexity index is 423. The summed E-state index contributed by atoms with van der Waals surface area (Å²) >= 11 is 0. The molecule has 104 valence electrons. The zero-order chi connectivity index (χ0) is 13.3. The molecule has 0 aromatic heterocycles. The van der Waals surface area contributed by atoms with Crippen LogP contribution in [0.5, 0.6) is 0 Å². The van der Waals surface area contributed by atoms with Gasteiger partial charge in [0.25, 0.3) is 0 Å². The van der Waals surface area contributed by atoms with E-state index >= 15 is 0 Å². The first kappa shape index (κ1) is 13.1. The van der Waals surface area contributed by atoms with Crippen molar-refractivity contribution in [3.05, 3.63) is 35.6 Å². The van der Waals surface area contributed by atoms with Crippen LogP contribution in [-0.4, -0.2) is 29.6 Å². The molecule has 1 aromatic rings. The first-order valence-corrected chi connectivity index (χ1v) is 7.40. The summed E-state index contributed by atoms with van der Waals surface area (Å²) < 4.78 is 13.0. The van der Waals surface area contributed by atoms with Crippen LogP contribution >= 0.6 is 0 Å². The Labute approximate surface area is 115 Å². The van der Waals surface area contributed by atoms with E-state index in [-0.39, 0.29) is 5.82 Å². The van der Waals surface area contributed by atoms with Crippen molar-refractivity contribution in [1.29, 1.82) is 0 Å². The quantitative estimate of drug-likeness (QED) is 0.881. The standard InChI is InChI=1S/C16H23FN2/c1-13-10-18-16(8-2-3-9-16)12-19(13)11-14-4-6-15(17)7-5-14/h4-7,13,18H,2-3,8-12H2,1H3. The summed E-state index contributed by atoms with van der Waals surface area (Å²) in [6, 6.07) is 7.49. The SMILES string of the molecule is CC1CNC2(CCCC2)CN1Cc1ccc(F)cc1. The molecule has 19 heavy (non-hydrogen) atoms. The molecule has 3 rings (SSSR count). The molecule has 0 amide bonds. The Kier molecular flexibility index (Phi) is 3.59. The molecule has 1 N–H and O–H groups in total. The second-order valence-corrected chi connectivity index (χ2v) is 6.25. The van der Waals surface area contributed by atoms with E-state index in [0.717, 1.165) is 19.6 Å². The van der Waals surface area contributed by atoms with Crippen LogP contribution in [0, 0.1) is 5.82 Å². The first-order valence-electron chi connectivity index (χ1n) is 7.40. The van der Waals surface area contributed by atoms with Crippen molar-refractivity contribution in [2.45, 2.75) is 50.7 Å². The van der Waals surface area contributed by atoms with Gasteiger partial charge in [0.05, 0.1) is 0 Å². The molecular weight excluding hydrogens is 239 g/mol. The van der Waals surface area contributed by atoms with E-state index in [1.165, 1.54) is 31.2 Å². The Hall–Kier alpha value is -0.930. The molecule has 1 aliphatic carbocycles. The van der Waals surface area contributed by atoms with Gasteiger partial charge in [0.2, 0.25) is 0 Å². The van der Waals surface area contributed by atoms with Gasteiger partial charge in [0.1, 0.15) is 5.82 Å². The van der Waals surface area contributed by atoms with E-state index in [1.807, 2.05) is 12.1 Å². The second-order valence-electron chi connectivity index (χ2n) is 6.25. The number of hydrogen-bond donors (Lipinski definition) is 1. The molecule has 2 aliphatic rings. The number of nitrogens with zero attached hydrogens (tertiary/aromatic N) is 1. The zero-order valence-electron chi connectivity index (χ0n) is 11.7. The van der Waals surface area contributed by atoms with Crippen LogP contribution in [0.25, 0.3) is 0 Å². The Morgan fingerprint density at radius 2 is 1.95 bits per heavy atom. The Morgan fingerprint density at radius 1 is 1.26 bits per heavy atom. The molecule has 1 saturated heterocycles. The molecule has 0 radical (unpaired) electrons. The molecule has 0 bridgehead atoms. The highest BCUT2D eigenvalue weighted by Crippen LogP contribution is 2.33. The molecule has 2 nitrogen and oxygen atoms in total. The molecule has 1 aromatic carbocycles. The number of hydrogen-bond acceptors (Lipinski definition) is 2. The van der Waals surface area contributed by atoms with Crippen molar-refractivity contribution in [2.24, 2.45) is 0 Å². The zero-order valence-corrected chi connectivity index (χ0v) is 11.7. The molecule has 1 atom stereocenters. The minimum Gasteiger partial charge on any atom is -0.308 e. The summed E-state index contributed by atoms with van der Waals surface area (Å²) in [7, 11) is 0. The highest BCUT2D eigenvalue weighted by atomic mass is 19.1. The Balaban J connectivity index is 1.69. The highest BCUT2D eigenvalue weighted by Gasteiger charge is 2.39. The van der Waals surface area contributed by atoms with Gasteiger partial charge in [-0.3, -0.25) is 4.90 Å². The van der Waals surface area contributed by atoms with Crippen molar-refractivity contribution < 1.29 is 4.39 Å². The van der Waals surface area contributed by atoms with Crippen LogP contribution in [0.1, 0.15) is 38.2 Å². The van der Waals surface area contributed by atoms with Gasteiger partial charge in [-0.1, -0.05) is 25.0 Å². The third-order valence-electron chi connectivity index (χ3n) is 4.76. The minimum absolute atomic E-state index is 0.149. The maximum Gasteiger partial charge on any atom is 0.123 e. The minimum atomic E-state index is -0.149. The lowest BCUT2D eigenvalue weighted by Gasteiger charge is -2.45. The van der Waals surface area contributed by atoms with Gasteiger partial charge in [-0.05, 0) is 37.5 Å². The third kappa shape index (κ3) is 2.82. The van der Waals surface area contributed by atoms with E-state index < -0.39 is 0 Å². The molecule has 2 fully saturated rings. The van der Waals surface area contributed by atoms with Gasteiger partial charge >= 0.3 is 0 Å². The van der Waals surface area contributed by atoms with Gasteiger partial charge in [-0.2, -0.15) is 0 Å². The normalized spacial score (nSPS) is 26.9. The molecule has 1 spiro atoms. The van der Waals surface area contributed by atoms with Crippen LogP contribution in [0.15, 0.2) is 24.3 Å². The van der Waals surface area contributed by atoms with E-state index in [4.69, 9.17) is 0 Å². The predicted octanol–water partition coefficient (Wildman–Crippen LogP) is 2.93. The lowest BCUT2D eigenvalue weighted by Crippen LogP contribution is -2.62. The summed E-state index contributed by atoms with van der Waals surface area (Å²) in [5, 5.41) is 3.77. The van der Waals surface area contributed by atoms with E-state index in [1.54, 1.807) is 12.1 Å². The Morgan fingerprint density at radius 3 is 2.63 bits per heavy atom. The van der Waals surface area contributed by atoms with E-state index in [0.29, 0.717) is 11.6 Å². The van der Waals surface area contributed by atoms with Crippen LogP contribution in [-0.2, 0) is 6.54 Å². The number of nitrogens with one attached hydrogen (secondary N) is 1. The summed E-state index contributed by atoms with van der Waals surface area (Å²) in [5.74, 6) is -0.149. The van der Waals surface area contributed by atoms with Crippen molar-refractivity contribution in [3.8, 4) is 0 Å². The van der Waals surface area contributed by atoms with Gasteiger partial charge in [0.15, 0.2) is 0 Å². The van der Waals surface area contributed by atoms with Crippen LogP contribution in [0.4, 0.5) is 4.39 Å². The lowest BCUT2D eigenvalue weighted by atomic mass is 9.92. The van der Waals surface area contributed by atoms with Crippen molar-refractivity contribution in [1.82, 2.24) is 10.2 Å². The summed E-state index contributed by atoms with van der Waals surface area (Å²) in [6.45, 7) is 5.41. The van der Waals surface area contributed by atoms with Crippen molar-refractivity contribution in [3.63, 3.8) is 0 Å². The van der Waals surface area contributed by atoms with Crippen molar-refractivity contribution >= 4 is 0 Å². The number of benzene rings is 1. The van der Waals surface area contributed by atoms with Gasteiger partial charge < -0.3 is 5.32 Å². The van der Waals surface area contributed by atoms with E-state index in [2.05, 4.69) is 17.1 Å². The van der Waals surface area contributed by atoms with Gasteiger partial charge in [-0.25, -0.2) is 4.39 Å². The molecule has 3 heteroatoms. The van der Waals surface area contributed by atoms with Gasteiger partial charge in [-0.15, -0.1) is 0 Å². The summed E-state index contributed by atoms with van der Waals surface area (Å²) in [5.41, 5.74) is 1.57. The summed E-state index contributed by atoms with van der Waals surface area (Å²) in [4.78, 5) is 2.55. The summed E-state index contributed by atoms with van der Waals surface area (Å²) in [6.07, 6.45) is 5.32. The largest absolute Gasteiger partial charge is 0.308 e. The molecule has 1 saturated carbocycles.